The summed E-state index contributed by atoms with van der Waals surface area (Å²) in [7, 11) is 0. The van der Waals surface area contributed by atoms with E-state index in [0.29, 0.717) is 16.1 Å². The standard InChI is InChI=1S/C17H18Cl2N2/c18-16-7-6-15(11-17(16)19)21-9-8-20-14(12-21)10-13-4-2-1-3-5-13/h1-7,11,14,20H,8-10,12H2. The van der Waals surface area contributed by atoms with E-state index in [2.05, 4.69) is 40.5 Å². The Hall–Kier alpha value is -1.22. The van der Waals surface area contributed by atoms with E-state index in [4.69, 9.17) is 23.2 Å². The number of benzene rings is 2. The van der Waals surface area contributed by atoms with Gasteiger partial charge in [0, 0.05) is 31.4 Å². The highest BCUT2D eigenvalue weighted by atomic mass is 35.5. The summed E-state index contributed by atoms with van der Waals surface area (Å²) >= 11 is 12.1. The topological polar surface area (TPSA) is 15.3 Å². The first-order valence-corrected chi connectivity index (χ1v) is 7.95. The molecule has 1 saturated heterocycles. The van der Waals surface area contributed by atoms with Crippen LogP contribution in [0.2, 0.25) is 10.0 Å². The summed E-state index contributed by atoms with van der Waals surface area (Å²) in [5.41, 5.74) is 2.51. The van der Waals surface area contributed by atoms with Crippen molar-refractivity contribution in [3.05, 3.63) is 64.1 Å². The van der Waals surface area contributed by atoms with Crippen molar-refractivity contribution in [3.8, 4) is 0 Å². The molecule has 1 N–H and O–H groups in total. The van der Waals surface area contributed by atoms with Crippen molar-refractivity contribution in [2.24, 2.45) is 0 Å². The van der Waals surface area contributed by atoms with Crippen LogP contribution in [-0.2, 0) is 6.42 Å². The van der Waals surface area contributed by atoms with Gasteiger partial charge in [0.25, 0.3) is 0 Å². The van der Waals surface area contributed by atoms with Crippen molar-refractivity contribution < 1.29 is 0 Å². The molecule has 2 aromatic carbocycles. The smallest absolute Gasteiger partial charge is 0.0612 e. The van der Waals surface area contributed by atoms with Crippen molar-refractivity contribution >= 4 is 28.9 Å². The summed E-state index contributed by atoms with van der Waals surface area (Å²) in [6.07, 6.45) is 1.04. The molecule has 1 unspecified atom stereocenters. The number of hydrogen-bond donors (Lipinski definition) is 1. The van der Waals surface area contributed by atoms with E-state index in [-0.39, 0.29) is 0 Å². The van der Waals surface area contributed by atoms with Crippen LogP contribution in [0, 0.1) is 0 Å². The van der Waals surface area contributed by atoms with Crippen molar-refractivity contribution in [1.29, 1.82) is 0 Å². The number of anilines is 1. The SMILES string of the molecule is Clc1ccc(N2CCNC(Cc3ccccc3)C2)cc1Cl. The van der Waals surface area contributed by atoms with Crippen LogP contribution in [-0.4, -0.2) is 25.7 Å². The summed E-state index contributed by atoms with van der Waals surface area (Å²) in [5, 5.41) is 4.82. The highest BCUT2D eigenvalue weighted by molar-refractivity contribution is 6.42. The van der Waals surface area contributed by atoms with Crippen molar-refractivity contribution in [3.63, 3.8) is 0 Å². The lowest BCUT2D eigenvalue weighted by Gasteiger charge is -2.35. The number of nitrogens with zero attached hydrogens (tertiary/aromatic N) is 1. The van der Waals surface area contributed by atoms with Gasteiger partial charge in [-0.15, -0.1) is 0 Å². The van der Waals surface area contributed by atoms with E-state index in [1.807, 2.05) is 18.2 Å². The fourth-order valence-electron chi connectivity index (χ4n) is 2.78. The summed E-state index contributed by atoms with van der Waals surface area (Å²) in [6, 6.07) is 16.9. The van der Waals surface area contributed by atoms with Gasteiger partial charge in [0.05, 0.1) is 10.0 Å². The second-order valence-electron chi connectivity index (χ2n) is 5.39. The van der Waals surface area contributed by atoms with Crippen LogP contribution in [0.5, 0.6) is 0 Å². The Bertz CT molecular complexity index is 601. The zero-order valence-corrected chi connectivity index (χ0v) is 13.2. The molecule has 0 saturated carbocycles. The van der Waals surface area contributed by atoms with E-state index < -0.39 is 0 Å². The first kappa shape index (κ1) is 14.7. The van der Waals surface area contributed by atoms with Crippen LogP contribution in [0.15, 0.2) is 48.5 Å². The summed E-state index contributed by atoms with van der Waals surface area (Å²) in [6.45, 7) is 2.95. The third-order valence-electron chi connectivity index (χ3n) is 3.85. The van der Waals surface area contributed by atoms with Crippen LogP contribution in [0.4, 0.5) is 5.69 Å². The first-order chi connectivity index (χ1) is 10.2. The molecule has 1 heterocycles. The molecule has 0 bridgehead atoms. The molecule has 1 fully saturated rings. The molecule has 3 rings (SSSR count). The molecule has 110 valence electrons. The van der Waals surface area contributed by atoms with Gasteiger partial charge in [0.2, 0.25) is 0 Å². The molecule has 1 aliphatic heterocycles. The van der Waals surface area contributed by atoms with Gasteiger partial charge in [-0.05, 0) is 30.2 Å². The van der Waals surface area contributed by atoms with Gasteiger partial charge in [-0.2, -0.15) is 0 Å². The van der Waals surface area contributed by atoms with Gasteiger partial charge in [0.15, 0.2) is 0 Å². The van der Waals surface area contributed by atoms with Gasteiger partial charge in [-0.3, -0.25) is 0 Å². The van der Waals surface area contributed by atoms with Gasteiger partial charge in [0.1, 0.15) is 0 Å². The predicted molar refractivity (Wildman–Crippen MR) is 90.6 cm³/mol. The van der Waals surface area contributed by atoms with E-state index >= 15 is 0 Å². The number of hydrogen-bond acceptors (Lipinski definition) is 2. The van der Waals surface area contributed by atoms with Crippen LogP contribution in [0.3, 0.4) is 0 Å². The lowest BCUT2D eigenvalue weighted by atomic mass is 10.0. The molecule has 0 amide bonds. The second kappa shape index (κ2) is 6.69. The first-order valence-electron chi connectivity index (χ1n) is 7.20. The number of nitrogens with one attached hydrogen (secondary N) is 1. The van der Waals surface area contributed by atoms with E-state index in [0.717, 1.165) is 31.7 Å². The molecule has 4 heteroatoms. The van der Waals surface area contributed by atoms with Gasteiger partial charge in [-0.1, -0.05) is 53.5 Å². The molecule has 0 spiro atoms. The van der Waals surface area contributed by atoms with Crippen molar-refractivity contribution in [2.75, 3.05) is 24.5 Å². The number of rotatable bonds is 3. The van der Waals surface area contributed by atoms with Crippen molar-refractivity contribution in [2.45, 2.75) is 12.5 Å². The van der Waals surface area contributed by atoms with Crippen LogP contribution >= 0.6 is 23.2 Å². The normalized spacial score (nSPS) is 18.8. The molecule has 2 nitrogen and oxygen atoms in total. The Kier molecular flexibility index (Phi) is 4.69. The maximum atomic E-state index is 6.12. The highest BCUT2D eigenvalue weighted by Crippen LogP contribution is 2.27. The average molecular weight is 321 g/mol. The number of piperazine rings is 1. The molecule has 1 atom stereocenters. The number of halogens is 2. The monoisotopic (exact) mass is 320 g/mol. The largest absolute Gasteiger partial charge is 0.369 e. The zero-order valence-electron chi connectivity index (χ0n) is 11.7. The second-order valence-corrected chi connectivity index (χ2v) is 6.20. The van der Waals surface area contributed by atoms with Crippen LogP contribution in [0.1, 0.15) is 5.56 Å². The Labute approximate surface area is 135 Å². The third kappa shape index (κ3) is 3.70. The lowest BCUT2D eigenvalue weighted by Crippen LogP contribution is -2.51. The third-order valence-corrected chi connectivity index (χ3v) is 4.59. The van der Waals surface area contributed by atoms with E-state index in [1.165, 1.54) is 5.56 Å². The molecule has 21 heavy (non-hydrogen) atoms. The molecule has 1 aliphatic rings. The van der Waals surface area contributed by atoms with Crippen LogP contribution in [0.25, 0.3) is 0 Å². The molecule has 0 radical (unpaired) electrons. The Balaban J connectivity index is 1.69. The molecular formula is C17H18Cl2N2. The fraction of sp³-hybridized carbons (Fsp3) is 0.294. The Morgan fingerprint density at radius 2 is 1.86 bits per heavy atom. The summed E-state index contributed by atoms with van der Waals surface area (Å²) in [5.74, 6) is 0. The van der Waals surface area contributed by atoms with Gasteiger partial charge >= 0.3 is 0 Å². The van der Waals surface area contributed by atoms with E-state index in [9.17, 15) is 0 Å². The van der Waals surface area contributed by atoms with Crippen molar-refractivity contribution in [1.82, 2.24) is 5.32 Å². The van der Waals surface area contributed by atoms with Crippen LogP contribution < -0.4 is 10.2 Å². The minimum Gasteiger partial charge on any atom is -0.369 e. The maximum absolute atomic E-state index is 6.12. The lowest BCUT2D eigenvalue weighted by molar-refractivity contribution is 0.455. The Morgan fingerprint density at radius 1 is 1.05 bits per heavy atom. The van der Waals surface area contributed by atoms with Gasteiger partial charge in [-0.25, -0.2) is 0 Å². The average Bonchev–Trinajstić information content (AvgIpc) is 2.51. The predicted octanol–water partition coefficient (Wildman–Crippen LogP) is 4.01. The quantitative estimate of drug-likeness (QED) is 0.919. The summed E-state index contributed by atoms with van der Waals surface area (Å²) in [4.78, 5) is 2.37. The maximum Gasteiger partial charge on any atom is 0.0612 e. The van der Waals surface area contributed by atoms with E-state index in [1.54, 1.807) is 0 Å². The molecule has 0 aromatic heterocycles. The molecular weight excluding hydrogens is 303 g/mol. The fourth-order valence-corrected chi connectivity index (χ4v) is 3.07. The minimum atomic E-state index is 0.454. The zero-order chi connectivity index (χ0) is 14.7. The minimum absolute atomic E-state index is 0.454. The Morgan fingerprint density at radius 3 is 2.62 bits per heavy atom. The van der Waals surface area contributed by atoms with Gasteiger partial charge < -0.3 is 10.2 Å². The molecule has 2 aromatic rings. The summed E-state index contributed by atoms with van der Waals surface area (Å²) < 4.78 is 0. The molecule has 0 aliphatic carbocycles. The highest BCUT2D eigenvalue weighted by Gasteiger charge is 2.20.